The molecule has 0 aliphatic heterocycles. The van der Waals surface area contributed by atoms with Gasteiger partial charge < -0.3 is 19.5 Å². The van der Waals surface area contributed by atoms with Gasteiger partial charge in [0.25, 0.3) is 6.47 Å². The minimum absolute atomic E-state index is 0.0164. The number of aliphatic hydroxyl groups excluding tert-OH is 1. The molecule has 0 amide bonds. The summed E-state index contributed by atoms with van der Waals surface area (Å²) in [6.07, 6.45) is 45.0. The molecule has 0 saturated heterocycles. The number of esters is 1. The molecule has 57 heavy (non-hydrogen) atoms. The molecule has 0 aliphatic carbocycles. The molecule has 7 heteroatoms. The van der Waals surface area contributed by atoms with Gasteiger partial charge in [0.05, 0.1) is 13.2 Å². The molecule has 0 heterocycles. The first-order chi connectivity index (χ1) is 28.0. The monoisotopic (exact) mass is 924 g/mol. The fourth-order valence-electron chi connectivity index (χ4n) is 6.84. The molecule has 0 bridgehead atoms. The number of carbonyl (C=O) groups is 2. The molecule has 2 atom stereocenters. The predicted molar refractivity (Wildman–Crippen MR) is 262 cm³/mol. The summed E-state index contributed by atoms with van der Waals surface area (Å²) in [4.78, 5) is 27.1. The lowest BCUT2D eigenvalue weighted by molar-refractivity contribution is -0.145. The molecule has 0 aromatic carbocycles. The molecular weight excluding hydrogens is 821 g/mol. The first kappa shape index (κ1) is 65.3. The molecule has 0 aromatic heterocycles. The summed E-state index contributed by atoms with van der Waals surface area (Å²) in [5.74, 6) is 1.12. The van der Waals surface area contributed by atoms with E-state index in [4.69, 9.17) is 14.6 Å². The molecule has 0 saturated carbocycles. The standard InChI is InChI=1S/C28H57NO3.C17H34O2.C2H6.C2H2.CH3I/c1-4-7-10-12-13-15-20-27(19-14-11-8-5-2)26-32-28(31)21-18-24-29(22-9-6-3)23-16-17-25-30;1-3-5-7-9-10-12-14-17(15-19-16-18)13-11-8-6-4-2;3*1-2/h27,30H,4-26H2,1-3H3;16-17H,3-15H2,1-2H3;1-2H3;1-2H;1H3. The lowest BCUT2D eigenvalue weighted by atomic mass is 9.95. The SMILES string of the molecule is C#C.CC.CCCCCCCCC(CCCCCC)COC(=O)CCCN(CCCC)CCCCO.CCCCCCCCC(CCCCCC)COC=O.CI. The Morgan fingerprint density at radius 2 is 0.895 bits per heavy atom. The quantitative estimate of drug-likeness (QED) is 0.0165. The number of aliphatic hydroxyl groups is 1. The van der Waals surface area contributed by atoms with Crippen LogP contribution in [0.25, 0.3) is 0 Å². The van der Waals surface area contributed by atoms with E-state index in [0.717, 1.165) is 38.9 Å². The molecule has 0 aliphatic rings. The van der Waals surface area contributed by atoms with Crippen molar-refractivity contribution >= 4 is 35.0 Å². The van der Waals surface area contributed by atoms with E-state index in [1.807, 2.05) is 18.8 Å². The van der Waals surface area contributed by atoms with E-state index in [1.165, 1.54) is 167 Å². The second-order valence-electron chi connectivity index (χ2n) is 15.4. The average molecular weight is 924 g/mol. The third-order valence-corrected chi connectivity index (χ3v) is 10.3. The largest absolute Gasteiger partial charge is 0.468 e. The van der Waals surface area contributed by atoms with Gasteiger partial charge in [0.2, 0.25) is 0 Å². The zero-order valence-electron chi connectivity index (χ0n) is 39.7. The first-order valence-corrected chi connectivity index (χ1v) is 26.4. The van der Waals surface area contributed by atoms with Crippen LogP contribution < -0.4 is 0 Å². The van der Waals surface area contributed by atoms with Crippen molar-refractivity contribution in [2.24, 2.45) is 11.8 Å². The first-order valence-electron chi connectivity index (χ1n) is 24.3. The topological polar surface area (TPSA) is 76.1 Å². The second-order valence-corrected chi connectivity index (χ2v) is 15.4. The molecule has 1 N–H and O–H groups in total. The smallest absolute Gasteiger partial charge is 0.305 e. The highest BCUT2D eigenvalue weighted by atomic mass is 127. The van der Waals surface area contributed by atoms with Gasteiger partial charge in [-0.3, -0.25) is 9.59 Å². The summed E-state index contributed by atoms with van der Waals surface area (Å²) >= 11 is 2.15. The molecule has 0 spiro atoms. The molecule has 0 rings (SSSR count). The number of terminal acetylenes is 1. The predicted octanol–water partition coefficient (Wildman–Crippen LogP) is 15.3. The van der Waals surface area contributed by atoms with Gasteiger partial charge in [0.15, 0.2) is 0 Å². The Balaban J connectivity index is -0.000000306. The highest BCUT2D eigenvalue weighted by Crippen LogP contribution is 2.21. The zero-order chi connectivity index (χ0) is 43.9. The van der Waals surface area contributed by atoms with Crippen molar-refractivity contribution in [3.05, 3.63) is 0 Å². The van der Waals surface area contributed by atoms with Crippen molar-refractivity contribution in [2.75, 3.05) is 44.4 Å². The maximum atomic E-state index is 12.4. The Morgan fingerprint density at radius 3 is 1.30 bits per heavy atom. The number of carbonyl (C=O) groups excluding carboxylic acids is 2. The van der Waals surface area contributed by atoms with Crippen LogP contribution in [-0.2, 0) is 19.1 Å². The van der Waals surface area contributed by atoms with Gasteiger partial charge in [-0.15, -0.1) is 12.8 Å². The molecule has 344 valence electrons. The average Bonchev–Trinajstić information content (AvgIpc) is 3.25. The number of rotatable bonds is 40. The van der Waals surface area contributed by atoms with Crippen molar-refractivity contribution in [1.29, 1.82) is 0 Å². The molecule has 0 radical (unpaired) electrons. The lowest BCUT2D eigenvalue weighted by Gasteiger charge is -2.22. The van der Waals surface area contributed by atoms with Gasteiger partial charge in [0.1, 0.15) is 0 Å². The van der Waals surface area contributed by atoms with Gasteiger partial charge >= 0.3 is 5.97 Å². The van der Waals surface area contributed by atoms with E-state index in [1.54, 1.807) is 0 Å². The van der Waals surface area contributed by atoms with Crippen LogP contribution in [0.2, 0.25) is 0 Å². The maximum Gasteiger partial charge on any atom is 0.305 e. The summed E-state index contributed by atoms with van der Waals surface area (Å²) in [7, 11) is 0. The maximum absolute atomic E-state index is 12.4. The Labute approximate surface area is 372 Å². The van der Waals surface area contributed by atoms with Crippen molar-refractivity contribution in [3.8, 4) is 12.8 Å². The van der Waals surface area contributed by atoms with Crippen LogP contribution in [0.4, 0.5) is 0 Å². The van der Waals surface area contributed by atoms with Crippen LogP contribution in [-0.4, -0.2) is 66.8 Å². The highest BCUT2D eigenvalue weighted by molar-refractivity contribution is 14.1. The van der Waals surface area contributed by atoms with E-state index in [9.17, 15) is 9.59 Å². The van der Waals surface area contributed by atoms with Crippen molar-refractivity contribution in [3.63, 3.8) is 0 Å². The summed E-state index contributed by atoms with van der Waals surface area (Å²) in [5.41, 5.74) is 0. The fraction of sp³-hybridized carbons (Fsp3) is 0.920. The van der Waals surface area contributed by atoms with Crippen LogP contribution in [0.3, 0.4) is 0 Å². The van der Waals surface area contributed by atoms with E-state index < -0.39 is 0 Å². The summed E-state index contributed by atoms with van der Waals surface area (Å²) in [6, 6.07) is 0. The normalized spacial score (nSPS) is 11.3. The Kier molecular flexibility index (Phi) is 73.6. The fourth-order valence-corrected chi connectivity index (χ4v) is 6.84. The number of unbranched alkanes of at least 4 members (excludes halogenated alkanes) is 18. The third-order valence-electron chi connectivity index (χ3n) is 10.3. The van der Waals surface area contributed by atoms with E-state index in [0.29, 0.717) is 37.9 Å². The van der Waals surface area contributed by atoms with Crippen LogP contribution in [0.15, 0.2) is 0 Å². The van der Waals surface area contributed by atoms with Crippen molar-refractivity contribution < 1.29 is 24.2 Å². The van der Waals surface area contributed by atoms with E-state index in [-0.39, 0.29) is 12.6 Å². The van der Waals surface area contributed by atoms with E-state index in [2.05, 4.69) is 75.0 Å². The molecule has 0 fully saturated rings. The number of hydrogen-bond acceptors (Lipinski definition) is 6. The van der Waals surface area contributed by atoms with Gasteiger partial charge in [-0.05, 0) is 87.8 Å². The van der Waals surface area contributed by atoms with Crippen molar-refractivity contribution in [1.82, 2.24) is 4.90 Å². The molecule has 2 unspecified atom stereocenters. The van der Waals surface area contributed by atoms with E-state index >= 15 is 0 Å². The number of ether oxygens (including phenoxy) is 2. The Bertz CT molecular complexity index is 722. The van der Waals surface area contributed by atoms with Crippen LogP contribution in [0, 0.1) is 24.7 Å². The minimum atomic E-state index is -0.0164. The number of halogens is 1. The zero-order valence-corrected chi connectivity index (χ0v) is 41.9. The van der Waals surface area contributed by atoms with Crippen LogP contribution in [0.1, 0.15) is 241 Å². The highest BCUT2D eigenvalue weighted by Gasteiger charge is 2.13. The Hall–Kier alpha value is -0.850. The van der Waals surface area contributed by atoms with Gasteiger partial charge in [-0.25, -0.2) is 0 Å². The Morgan fingerprint density at radius 1 is 0.544 bits per heavy atom. The number of nitrogens with zero attached hydrogens (tertiary/aromatic N) is 1. The van der Waals surface area contributed by atoms with Crippen LogP contribution in [0.5, 0.6) is 0 Å². The minimum Gasteiger partial charge on any atom is -0.468 e. The molecule has 0 aromatic rings. The molecule has 6 nitrogen and oxygen atoms in total. The van der Waals surface area contributed by atoms with Crippen molar-refractivity contribution in [2.45, 2.75) is 241 Å². The van der Waals surface area contributed by atoms with Gasteiger partial charge in [-0.1, -0.05) is 206 Å². The van der Waals surface area contributed by atoms with Gasteiger partial charge in [-0.2, -0.15) is 0 Å². The third kappa shape index (κ3) is 59.5. The van der Waals surface area contributed by atoms with Gasteiger partial charge in [0, 0.05) is 13.0 Å². The van der Waals surface area contributed by atoms with Crippen LogP contribution >= 0.6 is 22.6 Å². The lowest BCUT2D eigenvalue weighted by Crippen LogP contribution is -2.28. The summed E-state index contributed by atoms with van der Waals surface area (Å²) in [6.45, 7) is 20.4. The summed E-state index contributed by atoms with van der Waals surface area (Å²) < 4.78 is 10.7. The number of hydrogen-bond donors (Lipinski definition) is 1. The molecular formula is C50H102INO5. The second kappa shape index (κ2) is 64.3. The summed E-state index contributed by atoms with van der Waals surface area (Å²) in [5, 5.41) is 9.01. The number of alkyl halides is 1.